The molecule has 0 aliphatic heterocycles. The van der Waals surface area contributed by atoms with Crippen LogP contribution in [0.25, 0.3) is 0 Å². The smallest absolute Gasteiger partial charge is 0.226 e. The molecule has 122 valence electrons. The molecule has 0 aliphatic rings. The number of hydrogen-bond acceptors (Lipinski definition) is 3. The van der Waals surface area contributed by atoms with E-state index in [1.807, 2.05) is 62.3 Å². The normalized spacial score (nSPS) is 10.3. The predicted octanol–water partition coefficient (Wildman–Crippen LogP) is 4.16. The molecule has 5 heteroatoms. The van der Waals surface area contributed by atoms with Crippen molar-refractivity contribution >= 4 is 34.6 Å². The van der Waals surface area contributed by atoms with E-state index in [2.05, 4.69) is 10.6 Å². The van der Waals surface area contributed by atoms with E-state index in [9.17, 15) is 4.79 Å². The minimum atomic E-state index is -0.0205. The summed E-state index contributed by atoms with van der Waals surface area (Å²) < 4.78 is 0. The first-order valence-electron chi connectivity index (χ1n) is 7.53. The third kappa shape index (κ3) is 5.18. The number of anilines is 3. The number of halogens is 1. The van der Waals surface area contributed by atoms with Gasteiger partial charge in [-0.2, -0.15) is 0 Å². The van der Waals surface area contributed by atoms with E-state index in [0.29, 0.717) is 18.0 Å². The number of benzene rings is 2. The fraction of sp³-hybridized carbons (Fsp3) is 0.278. The third-order valence-corrected chi connectivity index (χ3v) is 3.76. The lowest BCUT2D eigenvalue weighted by Crippen LogP contribution is -2.16. The van der Waals surface area contributed by atoms with E-state index in [-0.39, 0.29) is 5.91 Å². The van der Waals surface area contributed by atoms with Crippen LogP contribution < -0.4 is 15.5 Å². The van der Waals surface area contributed by atoms with Gasteiger partial charge in [0.25, 0.3) is 0 Å². The zero-order valence-corrected chi connectivity index (χ0v) is 14.4. The molecule has 2 aromatic carbocycles. The van der Waals surface area contributed by atoms with Crippen molar-refractivity contribution in [3.8, 4) is 0 Å². The van der Waals surface area contributed by atoms with Crippen LogP contribution in [0.5, 0.6) is 0 Å². The van der Waals surface area contributed by atoms with E-state index < -0.39 is 0 Å². The summed E-state index contributed by atoms with van der Waals surface area (Å²) in [5.41, 5.74) is 3.91. The van der Waals surface area contributed by atoms with Gasteiger partial charge in [0, 0.05) is 49.1 Å². The predicted molar refractivity (Wildman–Crippen MR) is 98.7 cm³/mol. The largest absolute Gasteiger partial charge is 0.385 e. The summed E-state index contributed by atoms with van der Waals surface area (Å²) in [6, 6.07) is 13.5. The Bertz CT molecular complexity index is 668. The third-order valence-electron chi connectivity index (χ3n) is 3.53. The summed E-state index contributed by atoms with van der Waals surface area (Å²) in [6.45, 7) is 2.51. The van der Waals surface area contributed by atoms with Crippen molar-refractivity contribution in [2.24, 2.45) is 0 Å². The molecule has 0 aromatic heterocycles. The van der Waals surface area contributed by atoms with E-state index in [0.717, 1.165) is 22.6 Å². The summed E-state index contributed by atoms with van der Waals surface area (Å²) in [6.07, 6.45) is 0.400. The van der Waals surface area contributed by atoms with Gasteiger partial charge in [-0.25, -0.2) is 0 Å². The Kier molecular flexibility index (Phi) is 5.88. The van der Waals surface area contributed by atoms with Gasteiger partial charge < -0.3 is 15.5 Å². The number of carbonyl (C=O) groups excluding carboxylic acids is 1. The Hall–Kier alpha value is -2.20. The van der Waals surface area contributed by atoms with Gasteiger partial charge in [0.15, 0.2) is 0 Å². The molecule has 0 aliphatic carbocycles. The second-order valence-electron chi connectivity index (χ2n) is 5.63. The van der Waals surface area contributed by atoms with E-state index in [1.54, 1.807) is 6.07 Å². The van der Waals surface area contributed by atoms with Gasteiger partial charge in [-0.1, -0.05) is 11.6 Å². The van der Waals surface area contributed by atoms with Crippen molar-refractivity contribution < 1.29 is 4.79 Å². The van der Waals surface area contributed by atoms with Crippen LogP contribution in [-0.2, 0) is 4.79 Å². The number of carbonyl (C=O) groups is 1. The van der Waals surface area contributed by atoms with Crippen LogP contribution in [0.1, 0.15) is 12.0 Å². The van der Waals surface area contributed by atoms with Gasteiger partial charge in [-0.05, 0) is 55.0 Å². The highest BCUT2D eigenvalue weighted by atomic mass is 35.5. The number of rotatable bonds is 6. The molecular weight excluding hydrogens is 310 g/mol. The van der Waals surface area contributed by atoms with Crippen LogP contribution in [-0.4, -0.2) is 26.5 Å². The summed E-state index contributed by atoms with van der Waals surface area (Å²) >= 11 is 5.91. The molecule has 0 heterocycles. The van der Waals surface area contributed by atoms with Crippen LogP contribution >= 0.6 is 11.6 Å². The Morgan fingerprint density at radius 3 is 2.43 bits per heavy atom. The molecule has 23 heavy (non-hydrogen) atoms. The van der Waals surface area contributed by atoms with Gasteiger partial charge in [0.1, 0.15) is 0 Å². The van der Waals surface area contributed by atoms with Gasteiger partial charge in [-0.3, -0.25) is 4.79 Å². The molecule has 0 unspecified atom stereocenters. The zero-order chi connectivity index (χ0) is 16.8. The molecule has 1 amide bonds. The molecular formula is C18H22ClN3O. The van der Waals surface area contributed by atoms with Gasteiger partial charge in [-0.15, -0.1) is 0 Å². The summed E-state index contributed by atoms with van der Waals surface area (Å²) in [5.74, 6) is -0.0205. The molecule has 4 nitrogen and oxygen atoms in total. The van der Waals surface area contributed by atoms with Crippen LogP contribution in [0.15, 0.2) is 42.5 Å². The van der Waals surface area contributed by atoms with Gasteiger partial charge in [0.05, 0.1) is 0 Å². The number of amides is 1. The van der Waals surface area contributed by atoms with E-state index in [1.165, 1.54) is 0 Å². The van der Waals surface area contributed by atoms with Crippen LogP contribution in [0.4, 0.5) is 17.1 Å². The Morgan fingerprint density at radius 1 is 1.13 bits per heavy atom. The topological polar surface area (TPSA) is 44.4 Å². The first-order chi connectivity index (χ1) is 11.0. The Labute approximate surface area is 142 Å². The van der Waals surface area contributed by atoms with Crippen molar-refractivity contribution in [3.05, 3.63) is 53.1 Å². The number of nitrogens with zero attached hydrogens (tertiary/aromatic N) is 1. The lowest BCUT2D eigenvalue weighted by atomic mass is 10.2. The number of hydrogen-bond donors (Lipinski definition) is 2. The maximum atomic E-state index is 12.0. The highest BCUT2D eigenvalue weighted by molar-refractivity contribution is 6.30. The SMILES string of the molecule is Cc1cc(Cl)ccc1NC(=O)CCNc1ccc(N(C)C)cc1. The maximum absolute atomic E-state index is 12.0. The molecule has 0 spiro atoms. The van der Waals surface area contributed by atoms with Crippen molar-refractivity contribution in [1.29, 1.82) is 0 Å². The molecule has 0 saturated carbocycles. The lowest BCUT2D eigenvalue weighted by molar-refractivity contribution is -0.115. The fourth-order valence-corrected chi connectivity index (χ4v) is 2.40. The van der Waals surface area contributed by atoms with Gasteiger partial charge >= 0.3 is 0 Å². The van der Waals surface area contributed by atoms with Crippen LogP contribution in [0, 0.1) is 6.92 Å². The average molecular weight is 332 g/mol. The monoisotopic (exact) mass is 331 g/mol. The lowest BCUT2D eigenvalue weighted by Gasteiger charge is -2.13. The second-order valence-corrected chi connectivity index (χ2v) is 6.06. The fourth-order valence-electron chi connectivity index (χ4n) is 2.18. The number of nitrogens with one attached hydrogen (secondary N) is 2. The first kappa shape index (κ1) is 17.2. The first-order valence-corrected chi connectivity index (χ1v) is 7.91. The summed E-state index contributed by atoms with van der Waals surface area (Å²) in [7, 11) is 4.01. The molecule has 0 radical (unpaired) electrons. The molecule has 2 aromatic rings. The standard InChI is InChI=1S/C18H22ClN3O/c1-13-12-14(19)4-9-17(13)21-18(23)10-11-20-15-5-7-16(8-6-15)22(2)3/h4-9,12,20H,10-11H2,1-3H3,(H,21,23). The zero-order valence-electron chi connectivity index (χ0n) is 13.7. The van der Waals surface area contributed by atoms with Crippen molar-refractivity contribution in [2.75, 3.05) is 36.2 Å². The Balaban J connectivity index is 1.80. The quantitative estimate of drug-likeness (QED) is 0.835. The molecule has 2 N–H and O–H groups in total. The van der Waals surface area contributed by atoms with Crippen LogP contribution in [0.3, 0.4) is 0 Å². The highest BCUT2D eigenvalue weighted by Crippen LogP contribution is 2.20. The molecule has 0 fully saturated rings. The van der Waals surface area contributed by atoms with E-state index >= 15 is 0 Å². The van der Waals surface area contributed by atoms with E-state index in [4.69, 9.17) is 11.6 Å². The minimum Gasteiger partial charge on any atom is -0.385 e. The molecule has 0 atom stereocenters. The average Bonchev–Trinajstić information content (AvgIpc) is 2.50. The molecule has 2 rings (SSSR count). The molecule has 0 saturated heterocycles. The number of aryl methyl sites for hydroxylation is 1. The highest BCUT2D eigenvalue weighted by Gasteiger charge is 2.05. The maximum Gasteiger partial charge on any atom is 0.226 e. The summed E-state index contributed by atoms with van der Waals surface area (Å²) in [4.78, 5) is 14.0. The van der Waals surface area contributed by atoms with Crippen LogP contribution in [0.2, 0.25) is 5.02 Å². The van der Waals surface area contributed by atoms with Crippen molar-refractivity contribution in [2.45, 2.75) is 13.3 Å². The summed E-state index contributed by atoms with van der Waals surface area (Å²) in [5, 5.41) is 6.82. The molecule has 0 bridgehead atoms. The Morgan fingerprint density at radius 2 is 1.83 bits per heavy atom. The van der Waals surface area contributed by atoms with Crippen molar-refractivity contribution in [3.63, 3.8) is 0 Å². The second kappa shape index (κ2) is 7.88. The van der Waals surface area contributed by atoms with Gasteiger partial charge in [0.2, 0.25) is 5.91 Å². The van der Waals surface area contributed by atoms with Crippen molar-refractivity contribution in [1.82, 2.24) is 0 Å². The minimum absolute atomic E-state index is 0.0205.